The molecule has 3 rings (SSSR count). The molecule has 0 amide bonds. The average Bonchev–Trinajstić information content (AvgIpc) is 2.59. The zero-order valence-corrected chi connectivity index (χ0v) is 16.5. The first-order valence-corrected chi connectivity index (χ1v) is 10.1. The van der Waals surface area contributed by atoms with Gasteiger partial charge in [-0.1, -0.05) is 41.9 Å². The quantitative estimate of drug-likeness (QED) is 0.707. The molecule has 0 aliphatic carbocycles. The van der Waals surface area contributed by atoms with E-state index in [2.05, 4.69) is 4.72 Å². The summed E-state index contributed by atoms with van der Waals surface area (Å²) in [6, 6.07) is 16.5. The van der Waals surface area contributed by atoms with Crippen LogP contribution in [0, 0.1) is 6.92 Å². The van der Waals surface area contributed by atoms with Crippen molar-refractivity contribution >= 4 is 38.1 Å². The molecule has 0 atom stereocenters. The minimum absolute atomic E-state index is 0.217. The van der Waals surface area contributed by atoms with Gasteiger partial charge in [-0.15, -0.1) is 0 Å². The first-order valence-electron chi connectivity index (χ1n) is 8.23. The van der Waals surface area contributed by atoms with Crippen LogP contribution >= 0.6 is 11.6 Å². The van der Waals surface area contributed by atoms with Gasteiger partial charge in [0, 0.05) is 42.1 Å². The zero-order chi connectivity index (χ0) is 18.9. The Kier molecular flexibility index (Phi) is 5.23. The molecule has 136 valence electrons. The van der Waals surface area contributed by atoms with Crippen molar-refractivity contribution in [3.05, 3.63) is 70.7 Å². The molecule has 26 heavy (non-hydrogen) atoms. The van der Waals surface area contributed by atoms with Gasteiger partial charge >= 0.3 is 0 Å². The van der Waals surface area contributed by atoms with Crippen molar-refractivity contribution in [3.8, 4) is 0 Å². The van der Waals surface area contributed by atoms with Crippen molar-refractivity contribution in [2.24, 2.45) is 0 Å². The minimum atomic E-state index is -3.66. The van der Waals surface area contributed by atoms with E-state index in [4.69, 9.17) is 11.6 Å². The second-order valence-corrected chi connectivity index (χ2v) is 8.59. The van der Waals surface area contributed by atoms with Crippen LogP contribution in [-0.2, 0) is 16.6 Å². The largest absolute Gasteiger partial charge is 0.377 e. The van der Waals surface area contributed by atoms with Crippen LogP contribution in [0.2, 0.25) is 5.02 Å². The maximum atomic E-state index is 12.9. The highest BCUT2D eigenvalue weighted by molar-refractivity contribution is 7.89. The van der Waals surface area contributed by atoms with Gasteiger partial charge in [-0.25, -0.2) is 13.1 Å². The fourth-order valence-corrected chi connectivity index (χ4v) is 4.45. The van der Waals surface area contributed by atoms with E-state index in [9.17, 15) is 8.42 Å². The Hall–Kier alpha value is -2.08. The summed E-state index contributed by atoms with van der Waals surface area (Å²) in [6.07, 6.45) is 0. The summed E-state index contributed by atoms with van der Waals surface area (Å²) in [4.78, 5) is 2.26. The maximum absolute atomic E-state index is 12.9. The number of hydrogen-bond donors (Lipinski definition) is 1. The van der Waals surface area contributed by atoms with E-state index in [0.29, 0.717) is 10.4 Å². The van der Waals surface area contributed by atoms with Crippen LogP contribution in [0.5, 0.6) is 0 Å². The van der Waals surface area contributed by atoms with E-state index < -0.39 is 10.0 Å². The summed E-state index contributed by atoms with van der Waals surface area (Å²) in [6.45, 7) is 2.13. The number of nitrogens with zero attached hydrogens (tertiary/aromatic N) is 1. The lowest BCUT2D eigenvalue weighted by Gasteiger charge is -2.17. The van der Waals surface area contributed by atoms with E-state index in [1.165, 1.54) is 0 Å². The smallest absolute Gasteiger partial charge is 0.241 e. The molecule has 0 aliphatic rings. The lowest BCUT2D eigenvalue weighted by molar-refractivity contribution is 0.582. The van der Waals surface area contributed by atoms with E-state index in [1.807, 2.05) is 62.3 Å². The molecule has 1 N–H and O–H groups in total. The third-order valence-electron chi connectivity index (χ3n) is 4.39. The molecular formula is C20H21ClN2O2S. The third-order valence-corrected chi connectivity index (χ3v) is 6.08. The zero-order valence-electron chi connectivity index (χ0n) is 15.0. The van der Waals surface area contributed by atoms with Crippen molar-refractivity contribution in [1.82, 2.24) is 4.72 Å². The third kappa shape index (κ3) is 3.70. The summed E-state index contributed by atoms with van der Waals surface area (Å²) in [7, 11) is 0.228. The molecule has 0 unspecified atom stereocenters. The predicted octanol–water partition coefficient (Wildman–Crippen LogP) is 4.35. The highest BCUT2D eigenvalue weighted by atomic mass is 35.5. The van der Waals surface area contributed by atoms with Crippen molar-refractivity contribution in [3.63, 3.8) is 0 Å². The number of fused-ring (bicyclic) bond motifs is 1. The van der Waals surface area contributed by atoms with Crippen molar-refractivity contribution in [2.45, 2.75) is 18.4 Å². The summed E-state index contributed by atoms with van der Waals surface area (Å²) < 4.78 is 28.6. The Morgan fingerprint density at radius 2 is 1.69 bits per heavy atom. The SMILES string of the molecule is Cc1cc(Cl)ccc1CNS(=O)(=O)c1cccc2c(N(C)C)cccc12. The van der Waals surface area contributed by atoms with Crippen LogP contribution in [0.1, 0.15) is 11.1 Å². The van der Waals surface area contributed by atoms with Crippen LogP contribution in [0.15, 0.2) is 59.5 Å². The van der Waals surface area contributed by atoms with Gasteiger partial charge in [0.1, 0.15) is 0 Å². The predicted molar refractivity (Wildman–Crippen MR) is 108 cm³/mol. The monoisotopic (exact) mass is 388 g/mol. The molecule has 0 spiro atoms. The van der Waals surface area contributed by atoms with Crippen LogP contribution in [-0.4, -0.2) is 22.5 Å². The Balaban J connectivity index is 1.98. The number of sulfonamides is 1. The summed E-state index contributed by atoms with van der Waals surface area (Å²) in [5.41, 5.74) is 2.83. The molecule has 4 nitrogen and oxygen atoms in total. The molecule has 3 aromatic rings. The van der Waals surface area contributed by atoms with Gasteiger partial charge in [-0.2, -0.15) is 0 Å². The first-order chi connectivity index (χ1) is 12.3. The summed E-state index contributed by atoms with van der Waals surface area (Å²) >= 11 is 5.97. The number of rotatable bonds is 5. The second-order valence-electron chi connectivity index (χ2n) is 6.42. The van der Waals surface area contributed by atoms with Crippen LogP contribution in [0.3, 0.4) is 0 Å². The minimum Gasteiger partial charge on any atom is -0.377 e. The topological polar surface area (TPSA) is 49.4 Å². The average molecular weight is 389 g/mol. The molecule has 0 bridgehead atoms. The standard InChI is InChI=1S/C20H21ClN2O2S/c1-14-12-16(21)11-10-15(14)13-22-26(24,25)20-9-5-6-17-18(20)7-4-8-19(17)23(2)3/h4-12,22H,13H2,1-3H3. The number of nitrogens with one attached hydrogen (secondary N) is 1. The molecule has 0 heterocycles. The Morgan fingerprint density at radius 1 is 1.00 bits per heavy atom. The fraction of sp³-hybridized carbons (Fsp3) is 0.200. The normalized spacial score (nSPS) is 11.7. The van der Waals surface area contributed by atoms with Gasteiger partial charge in [-0.05, 0) is 42.3 Å². The maximum Gasteiger partial charge on any atom is 0.241 e. The molecule has 0 saturated carbocycles. The van der Waals surface area contributed by atoms with Gasteiger partial charge in [-0.3, -0.25) is 0 Å². The van der Waals surface area contributed by atoms with Gasteiger partial charge in [0.05, 0.1) is 4.90 Å². The van der Waals surface area contributed by atoms with Crippen molar-refractivity contribution in [1.29, 1.82) is 0 Å². The second kappa shape index (κ2) is 7.27. The van der Waals surface area contributed by atoms with Gasteiger partial charge in [0.25, 0.3) is 0 Å². The van der Waals surface area contributed by atoms with E-state index in [1.54, 1.807) is 18.2 Å². The Morgan fingerprint density at radius 3 is 2.38 bits per heavy atom. The first kappa shape index (κ1) is 18.7. The fourth-order valence-electron chi connectivity index (χ4n) is 3.00. The number of benzene rings is 3. The van der Waals surface area contributed by atoms with Crippen LogP contribution < -0.4 is 9.62 Å². The highest BCUT2D eigenvalue weighted by Gasteiger charge is 2.18. The lowest BCUT2D eigenvalue weighted by atomic mass is 10.1. The Labute approximate surface area is 159 Å². The number of halogens is 1. The molecule has 0 aromatic heterocycles. The van der Waals surface area contributed by atoms with E-state index >= 15 is 0 Å². The molecule has 0 fully saturated rings. The lowest BCUT2D eigenvalue weighted by Crippen LogP contribution is -2.24. The summed E-state index contributed by atoms with van der Waals surface area (Å²) in [5, 5.41) is 2.25. The Bertz CT molecular complexity index is 1060. The number of hydrogen-bond acceptors (Lipinski definition) is 3. The van der Waals surface area contributed by atoms with Crippen molar-refractivity contribution < 1.29 is 8.42 Å². The number of aryl methyl sites for hydroxylation is 1. The van der Waals surface area contributed by atoms with Crippen LogP contribution in [0.25, 0.3) is 10.8 Å². The van der Waals surface area contributed by atoms with Gasteiger partial charge in [0.2, 0.25) is 10.0 Å². The summed E-state index contributed by atoms with van der Waals surface area (Å²) in [5.74, 6) is 0. The molecule has 6 heteroatoms. The molecular weight excluding hydrogens is 368 g/mol. The van der Waals surface area contributed by atoms with Crippen molar-refractivity contribution in [2.75, 3.05) is 19.0 Å². The molecule has 0 aliphatic heterocycles. The number of anilines is 1. The van der Waals surface area contributed by atoms with Gasteiger partial charge < -0.3 is 4.90 Å². The molecule has 3 aromatic carbocycles. The molecule has 0 radical (unpaired) electrons. The highest BCUT2D eigenvalue weighted by Crippen LogP contribution is 2.30. The molecule has 0 saturated heterocycles. The van der Waals surface area contributed by atoms with Crippen LogP contribution in [0.4, 0.5) is 5.69 Å². The van der Waals surface area contributed by atoms with E-state index in [0.717, 1.165) is 22.2 Å². The van der Waals surface area contributed by atoms with E-state index in [-0.39, 0.29) is 11.4 Å². The van der Waals surface area contributed by atoms with Gasteiger partial charge in [0.15, 0.2) is 0 Å².